The summed E-state index contributed by atoms with van der Waals surface area (Å²) >= 11 is 0. The van der Waals surface area contributed by atoms with Gasteiger partial charge in [0.05, 0.1) is 0 Å². The van der Waals surface area contributed by atoms with Crippen molar-refractivity contribution in [3.8, 4) is 0 Å². The predicted molar refractivity (Wildman–Crippen MR) is 90.7 cm³/mol. The third kappa shape index (κ3) is 3.52. The maximum absolute atomic E-state index is 12.2. The van der Waals surface area contributed by atoms with Crippen LogP contribution in [0.2, 0.25) is 0 Å². The summed E-state index contributed by atoms with van der Waals surface area (Å²) in [6, 6.07) is 7.22. The van der Waals surface area contributed by atoms with Gasteiger partial charge in [-0.2, -0.15) is 0 Å². The highest BCUT2D eigenvalue weighted by atomic mass is 16.4. The van der Waals surface area contributed by atoms with Gasteiger partial charge in [0.15, 0.2) is 0 Å². The molecular formula is C19H21NO3. The Morgan fingerprint density at radius 2 is 2.17 bits per heavy atom. The Morgan fingerprint density at radius 3 is 2.96 bits per heavy atom. The predicted octanol–water partition coefficient (Wildman–Crippen LogP) is 3.72. The summed E-state index contributed by atoms with van der Waals surface area (Å²) in [4.78, 5) is 24.3. The van der Waals surface area contributed by atoms with Crippen LogP contribution in [-0.2, 0) is 0 Å². The van der Waals surface area contributed by atoms with E-state index in [1.54, 1.807) is 6.07 Å². The van der Waals surface area contributed by atoms with Crippen molar-refractivity contribution in [3.63, 3.8) is 0 Å². The SMILES string of the molecule is Cc1cccc2cc(C(=O)NCCC3=CCCCC3)c(=O)oc12. The van der Waals surface area contributed by atoms with Gasteiger partial charge >= 0.3 is 5.63 Å². The van der Waals surface area contributed by atoms with E-state index >= 15 is 0 Å². The minimum absolute atomic E-state index is 0.0701. The van der Waals surface area contributed by atoms with Crippen molar-refractivity contribution in [2.75, 3.05) is 6.54 Å². The molecule has 120 valence electrons. The Labute approximate surface area is 135 Å². The molecule has 4 nitrogen and oxygen atoms in total. The van der Waals surface area contributed by atoms with E-state index in [0.29, 0.717) is 12.1 Å². The molecule has 0 atom stereocenters. The number of rotatable bonds is 4. The first-order valence-electron chi connectivity index (χ1n) is 8.15. The van der Waals surface area contributed by atoms with Crippen LogP contribution in [-0.4, -0.2) is 12.5 Å². The zero-order chi connectivity index (χ0) is 16.2. The van der Waals surface area contributed by atoms with Crippen LogP contribution < -0.4 is 10.9 Å². The first-order valence-corrected chi connectivity index (χ1v) is 8.15. The van der Waals surface area contributed by atoms with Crippen LogP contribution in [0.1, 0.15) is 48.0 Å². The van der Waals surface area contributed by atoms with E-state index in [4.69, 9.17) is 4.42 Å². The van der Waals surface area contributed by atoms with Gasteiger partial charge in [-0.05, 0) is 50.7 Å². The van der Waals surface area contributed by atoms with E-state index in [1.807, 2.05) is 25.1 Å². The molecule has 0 radical (unpaired) electrons. The van der Waals surface area contributed by atoms with Gasteiger partial charge in [-0.1, -0.05) is 29.8 Å². The number of nitrogens with one attached hydrogen (secondary N) is 1. The van der Waals surface area contributed by atoms with Crippen molar-refractivity contribution >= 4 is 16.9 Å². The lowest BCUT2D eigenvalue weighted by molar-refractivity contribution is 0.0950. The second kappa shape index (κ2) is 6.82. The third-order valence-corrected chi connectivity index (χ3v) is 4.32. The molecule has 0 saturated carbocycles. The summed E-state index contributed by atoms with van der Waals surface area (Å²) in [6.07, 6.45) is 7.86. The zero-order valence-corrected chi connectivity index (χ0v) is 13.4. The number of allylic oxidation sites excluding steroid dienone is 1. The van der Waals surface area contributed by atoms with Crippen LogP contribution in [0.25, 0.3) is 11.0 Å². The van der Waals surface area contributed by atoms with E-state index in [1.165, 1.54) is 18.4 Å². The second-order valence-corrected chi connectivity index (χ2v) is 6.05. The van der Waals surface area contributed by atoms with E-state index in [-0.39, 0.29) is 11.5 Å². The highest BCUT2D eigenvalue weighted by Crippen LogP contribution is 2.20. The van der Waals surface area contributed by atoms with Crippen LogP contribution in [0.4, 0.5) is 0 Å². The number of para-hydroxylation sites is 1. The molecule has 0 unspecified atom stereocenters. The summed E-state index contributed by atoms with van der Waals surface area (Å²) in [7, 11) is 0. The monoisotopic (exact) mass is 311 g/mol. The summed E-state index contributed by atoms with van der Waals surface area (Å²) in [6.45, 7) is 2.43. The lowest BCUT2D eigenvalue weighted by atomic mass is 9.97. The van der Waals surface area contributed by atoms with Crippen LogP contribution in [0, 0.1) is 6.92 Å². The number of aryl methyl sites for hydroxylation is 1. The molecule has 1 heterocycles. The van der Waals surface area contributed by atoms with Gasteiger partial charge < -0.3 is 9.73 Å². The molecule has 23 heavy (non-hydrogen) atoms. The Morgan fingerprint density at radius 1 is 1.30 bits per heavy atom. The third-order valence-electron chi connectivity index (χ3n) is 4.32. The van der Waals surface area contributed by atoms with Crippen molar-refractivity contribution in [3.05, 3.63) is 57.5 Å². The van der Waals surface area contributed by atoms with Crippen molar-refractivity contribution in [1.82, 2.24) is 5.32 Å². The molecule has 0 aliphatic heterocycles. The summed E-state index contributed by atoms with van der Waals surface area (Å²) in [5.41, 5.74) is 2.32. The van der Waals surface area contributed by atoms with Crippen molar-refractivity contribution in [2.45, 2.75) is 39.0 Å². The van der Waals surface area contributed by atoms with Crippen LogP contribution in [0.15, 0.2) is 45.1 Å². The molecule has 1 aliphatic carbocycles. The number of amides is 1. The average Bonchev–Trinajstić information content (AvgIpc) is 2.56. The van der Waals surface area contributed by atoms with Gasteiger partial charge in [-0.25, -0.2) is 4.79 Å². The summed E-state index contributed by atoms with van der Waals surface area (Å²) < 4.78 is 5.31. The number of carbonyl (C=O) groups is 1. The normalized spacial score (nSPS) is 14.6. The number of fused-ring (bicyclic) bond motifs is 1. The smallest absolute Gasteiger partial charge is 0.349 e. The quantitative estimate of drug-likeness (QED) is 0.691. The van der Waals surface area contributed by atoms with Crippen molar-refractivity contribution < 1.29 is 9.21 Å². The average molecular weight is 311 g/mol. The fraction of sp³-hybridized carbons (Fsp3) is 0.368. The molecule has 1 amide bonds. The second-order valence-electron chi connectivity index (χ2n) is 6.05. The molecule has 0 bridgehead atoms. The topological polar surface area (TPSA) is 59.3 Å². The van der Waals surface area contributed by atoms with Crippen molar-refractivity contribution in [2.24, 2.45) is 0 Å². The first-order chi connectivity index (χ1) is 11.1. The maximum atomic E-state index is 12.2. The molecule has 0 fully saturated rings. The standard InChI is InChI=1S/C19H21NO3/c1-13-6-5-9-15-12-16(19(22)23-17(13)15)18(21)20-11-10-14-7-3-2-4-8-14/h5-7,9,12H,2-4,8,10-11H2,1H3,(H,20,21). The van der Waals surface area contributed by atoms with Crippen LogP contribution in [0.5, 0.6) is 0 Å². The van der Waals surface area contributed by atoms with E-state index < -0.39 is 5.63 Å². The van der Waals surface area contributed by atoms with E-state index in [2.05, 4.69) is 11.4 Å². The van der Waals surface area contributed by atoms with E-state index in [9.17, 15) is 9.59 Å². The number of hydrogen-bond donors (Lipinski definition) is 1. The lowest BCUT2D eigenvalue weighted by Gasteiger charge is -2.12. The van der Waals surface area contributed by atoms with E-state index in [0.717, 1.165) is 30.2 Å². The largest absolute Gasteiger partial charge is 0.422 e. The van der Waals surface area contributed by atoms with Gasteiger partial charge in [0.2, 0.25) is 0 Å². The highest BCUT2D eigenvalue weighted by molar-refractivity contribution is 5.96. The molecular weight excluding hydrogens is 290 g/mol. The Hall–Kier alpha value is -2.36. The fourth-order valence-corrected chi connectivity index (χ4v) is 3.01. The van der Waals surface area contributed by atoms with Gasteiger partial charge in [-0.15, -0.1) is 0 Å². The number of benzene rings is 1. The molecule has 2 aromatic rings. The molecule has 0 spiro atoms. The highest BCUT2D eigenvalue weighted by Gasteiger charge is 2.14. The maximum Gasteiger partial charge on any atom is 0.349 e. The Balaban J connectivity index is 1.72. The van der Waals surface area contributed by atoms with Crippen LogP contribution in [0.3, 0.4) is 0 Å². The summed E-state index contributed by atoms with van der Waals surface area (Å²) in [5.74, 6) is -0.362. The minimum atomic E-state index is -0.582. The number of hydrogen-bond acceptors (Lipinski definition) is 3. The van der Waals surface area contributed by atoms with Gasteiger partial charge in [0.25, 0.3) is 5.91 Å². The Bertz CT molecular complexity index is 817. The molecule has 1 N–H and O–H groups in total. The van der Waals surface area contributed by atoms with Gasteiger partial charge in [0, 0.05) is 11.9 Å². The summed E-state index contributed by atoms with van der Waals surface area (Å²) in [5, 5.41) is 3.59. The molecule has 1 aromatic carbocycles. The zero-order valence-electron chi connectivity index (χ0n) is 13.4. The van der Waals surface area contributed by atoms with Crippen LogP contribution >= 0.6 is 0 Å². The minimum Gasteiger partial charge on any atom is -0.422 e. The Kier molecular flexibility index (Phi) is 4.60. The van der Waals surface area contributed by atoms with Gasteiger partial charge in [-0.3, -0.25) is 4.79 Å². The number of carbonyl (C=O) groups excluding carboxylic acids is 1. The van der Waals surface area contributed by atoms with Crippen molar-refractivity contribution in [1.29, 1.82) is 0 Å². The lowest BCUT2D eigenvalue weighted by Crippen LogP contribution is -2.29. The molecule has 1 aromatic heterocycles. The van der Waals surface area contributed by atoms with Gasteiger partial charge in [0.1, 0.15) is 11.1 Å². The molecule has 0 saturated heterocycles. The molecule has 3 rings (SSSR count). The molecule has 4 heteroatoms. The molecule has 1 aliphatic rings. The first kappa shape index (κ1) is 15.5. The fourth-order valence-electron chi connectivity index (χ4n) is 3.01.